The number of hydrogen-bond donors (Lipinski definition) is 0. The van der Waals surface area contributed by atoms with Gasteiger partial charge in [0, 0.05) is 45.6 Å². The van der Waals surface area contributed by atoms with Crippen molar-refractivity contribution < 1.29 is 19.1 Å². The Labute approximate surface area is 161 Å². The maximum absolute atomic E-state index is 12.7. The Morgan fingerprint density at radius 3 is 2.63 bits per heavy atom. The summed E-state index contributed by atoms with van der Waals surface area (Å²) in [6.07, 6.45) is 5.84. The highest BCUT2D eigenvalue weighted by atomic mass is 16.6. The molecule has 3 heterocycles. The molecule has 6 unspecified atom stereocenters. The van der Waals surface area contributed by atoms with Gasteiger partial charge in [-0.15, -0.1) is 0 Å². The van der Waals surface area contributed by atoms with Crippen LogP contribution in [0.15, 0.2) is 0 Å². The zero-order valence-corrected chi connectivity index (χ0v) is 16.6. The van der Waals surface area contributed by atoms with Crippen molar-refractivity contribution in [2.45, 2.75) is 57.7 Å². The number of amides is 1. The van der Waals surface area contributed by atoms with Crippen LogP contribution in [0.3, 0.4) is 0 Å². The Morgan fingerprint density at radius 1 is 1.22 bits per heavy atom. The number of rotatable bonds is 2. The molecule has 1 spiro atoms. The minimum absolute atomic E-state index is 0.00649. The van der Waals surface area contributed by atoms with E-state index in [0.29, 0.717) is 11.8 Å². The molecule has 150 valence electrons. The van der Waals surface area contributed by atoms with Crippen LogP contribution in [0.25, 0.3) is 0 Å². The maximum Gasteiger partial charge on any atom is 0.310 e. The third-order valence-electron chi connectivity index (χ3n) is 8.35. The molecule has 2 saturated carbocycles. The topological polar surface area (TPSA) is 62.4 Å². The van der Waals surface area contributed by atoms with Crippen molar-refractivity contribution in [3.63, 3.8) is 0 Å². The quantitative estimate of drug-likeness (QED) is 0.542. The molecule has 27 heavy (non-hydrogen) atoms. The molecule has 0 aromatic rings. The molecule has 3 saturated heterocycles. The number of hydrogen-bond acceptors (Lipinski definition) is 5. The van der Waals surface area contributed by atoms with Gasteiger partial charge >= 0.3 is 5.97 Å². The molecule has 0 radical (unpaired) electrons. The van der Waals surface area contributed by atoms with Crippen LogP contribution in [-0.4, -0.2) is 72.7 Å². The number of epoxide rings is 1. The molecule has 0 N–H and O–H groups in total. The molecule has 2 aliphatic carbocycles. The standard InChI is InChI=1S/C21H32N2O4/c1-14(24)23-8-6-22(7-9-23)12-16-15-10-18-20(2,11-17(15)27-19(16)25)4-3-5-21(18)13-26-21/h15-18H,3-13H2,1-2H3. The summed E-state index contributed by atoms with van der Waals surface area (Å²) in [6, 6.07) is 0. The summed E-state index contributed by atoms with van der Waals surface area (Å²) < 4.78 is 11.9. The molecule has 5 rings (SSSR count). The first-order valence-corrected chi connectivity index (χ1v) is 10.7. The van der Waals surface area contributed by atoms with E-state index < -0.39 is 0 Å². The molecule has 5 fully saturated rings. The number of fused-ring (bicyclic) bond motifs is 3. The number of carbonyl (C=O) groups is 2. The number of ether oxygens (including phenoxy) is 2. The summed E-state index contributed by atoms with van der Waals surface area (Å²) in [4.78, 5) is 28.5. The minimum Gasteiger partial charge on any atom is -0.462 e. The third-order valence-corrected chi connectivity index (χ3v) is 8.35. The van der Waals surface area contributed by atoms with Crippen LogP contribution < -0.4 is 0 Å². The molecule has 3 aliphatic heterocycles. The van der Waals surface area contributed by atoms with E-state index in [4.69, 9.17) is 9.47 Å². The highest BCUT2D eigenvalue weighted by Gasteiger charge is 2.65. The highest BCUT2D eigenvalue weighted by molar-refractivity contribution is 5.76. The molecule has 0 aromatic heterocycles. The second-order valence-corrected chi connectivity index (χ2v) is 9.91. The second kappa shape index (κ2) is 6.18. The average Bonchev–Trinajstić information content (AvgIpc) is 3.33. The summed E-state index contributed by atoms with van der Waals surface area (Å²) in [5, 5.41) is 0. The summed E-state index contributed by atoms with van der Waals surface area (Å²) in [5.74, 6) is 1.05. The molecule has 6 atom stereocenters. The lowest BCUT2D eigenvalue weighted by atomic mass is 9.53. The fourth-order valence-electron chi connectivity index (χ4n) is 6.69. The first kappa shape index (κ1) is 17.9. The summed E-state index contributed by atoms with van der Waals surface area (Å²) in [7, 11) is 0. The largest absolute Gasteiger partial charge is 0.462 e. The lowest BCUT2D eigenvalue weighted by molar-refractivity contribution is -0.147. The third kappa shape index (κ3) is 2.91. The van der Waals surface area contributed by atoms with Gasteiger partial charge in [-0.25, -0.2) is 0 Å². The zero-order valence-electron chi connectivity index (χ0n) is 16.6. The van der Waals surface area contributed by atoms with Crippen molar-refractivity contribution in [2.24, 2.45) is 23.2 Å². The van der Waals surface area contributed by atoms with Crippen LogP contribution in [0.2, 0.25) is 0 Å². The Hall–Kier alpha value is -1.14. The van der Waals surface area contributed by atoms with Crippen molar-refractivity contribution in [3.05, 3.63) is 0 Å². The van der Waals surface area contributed by atoms with E-state index in [1.54, 1.807) is 6.92 Å². The zero-order chi connectivity index (χ0) is 18.8. The number of carbonyl (C=O) groups excluding carboxylic acids is 2. The van der Waals surface area contributed by atoms with Gasteiger partial charge in [0.2, 0.25) is 5.91 Å². The Kier molecular flexibility index (Phi) is 4.10. The van der Waals surface area contributed by atoms with Gasteiger partial charge in [0.25, 0.3) is 0 Å². The monoisotopic (exact) mass is 376 g/mol. The van der Waals surface area contributed by atoms with Gasteiger partial charge in [-0.3, -0.25) is 14.5 Å². The number of nitrogens with zero attached hydrogens (tertiary/aromatic N) is 2. The van der Waals surface area contributed by atoms with Crippen LogP contribution in [0.1, 0.15) is 46.0 Å². The van der Waals surface area contributed by atoms with Gasteiger partial charge in [0.05, 0.1) is 18.1 Å². The molecular weight excluding hydrogens is 344 g/mol. The Bertz CT molecular complexity index is 640. The SMILES string of the molecule is CC(=O)N1CCN(CC2C(=O)OC3CC4(C)CCCC5(CO5)C4CC32)CC1. The fourth-order valence-corrected chi connectivity index (χ4v) is 6.69. The van der Waals surface area contributed by atoms with Gasteiger partial charge in [-0.1, -0.05) is 6.92 Å². The van der Waals surface area contributed by atoms with Crippen molar-refractivity contribution in [3.8, 4) is 0 Å². The van der Waals surface area contributed by atoms with E-state index in [-0.39, 0.29) is 34.9 Å². The van der Waals surface area contributed by atoms with Gasteiger partial charge < -0.3 is 14.4 Å². The van der Waals surface area contributed by atoms with Crippen LogP contribution >= 0.6 is 0 Å². The predicted molar refractivity (Wildman–Crippen MR) is 98.9 cm³/mol. The lowest BCUT2D eigenvalue weighted by Crippen LogP contribution is -2.52. The number of piperazine rings is 1. The molecule has 1 amide bonds. The maximum atomic E-state index is 12.7. The first-order chi connectivity index (χ1) is 12.9. The molecule has 0 aromatic carbocycles. The predicted octanol–water partition coefficient (Wildman–Crippen LogP) is 1.68. The van der Waals surface area contributed by atoms with Crippen molar-refractivity contribution in [1.29, 1.82) is 0 Å². The molecule has 6 heteroatoms. The average molecular weight is 376 g/mol. The minimum atomic E-state index is -0.0128. The summed E-state index contributed by atoms with van der Waals surface area (Å²) in [6.45, 7) is 8.97. The van der Waals surface area contributed by atoms with Crippen LogP contribution in [-0.2, 0) is 19.1 Å². The van der Waals surface area contributed by atoms with Crippen LogP contribution in [0, 0.1) is 23.2 Å². The van der Waals surface area contributed by atoms with Crippen molar-refractivity contribution >= 4 is 11.9 Å². The van der Waals surface area contributed by atoms with Crippen LogP contribution in [0.5, 0.6) is 0 Å². The van der Waals surface area contributed by atoms with Crippen molar-refractivity contribution in [2.75, 3.05) is 39.3 Å². The van der Waals surface area contributed by atoms with E-state index in [2.05, 4.69) is 11.8 Å². The molecular formula is C21H32N2O4. The van der Waals surface area contributed by atoms with Crippen molar-refractivity contribution in [1.82, 2.24) is 9.80 Å². The molecule has 6 nitrogen and oxygen atoms in total. The molecule has 0 bridgehead atoms. The smallest absolute Gasteiger partial charge is 0.310 e. The highest BCUT2D eigenvalue weighted by Crippen LogP contribution is 2.62. The summed E-state index contributed by atoms with van der Waals surface area (Å²) in [5.41, 5.74) is 0.374. The van der Waals surface area contributed by atoms with E-state index in [0.717, 1.165) is 52.2 Å². The Morgan fingerprint density at radius 2 is 1.96 bits per heavy atom. The van der Waals surface area contributed by atoms with E-state index >= 15 is 0 Å². The van der Waals surface area contributed by atoms with Gasteiger partial charge in [-0.05, 0) is 43.4 Å². The van der Waals surface area contributed by atoms with E-state index in [1.807, 2.05) is 4.90 Å². The van der Waals surface area contributed by atoms with E-state index in [1.165, 1.54) is 19.3 Å². The lowest BCUT2D eigenvalue weighted by Gasteiger charge is -2.51. The van der Waals surface area contributed by atoms with Gasteiger partial charge in [0.1, 0.15) is 6.10 Å². The normalized spacial score (nSPS) is 46.7. The fraction of sp³-hybridized carbons (Fsp3) is 0.905. The van der Waals surface area contributed by atoms with Gasteiger partial charge in [0.15, 0.2) is 0 Å². The van der Waals surface area contributed by atoms with Gasteiger partial charge in [-0.2, -0.15) is 0 Å². The van der Waals surface area contributed by atoms with E-state index in [9.17, 15) is 9.59 Å². The molecule has 5 aliphatic rings. The first-order valence-electron chi connectivity index (χ1n) is 10.7. The number of esters is 1. The van der Waals surface area contributed by atoms with Crippen LogP contribution in [0.4, 0.5) is 0 Å². The second-order valence-electron chi connectivity index (χ2n) is 9.91. The Balaban J connectivity index is 1.28. The summed E-state index contributed by atoms with van der Waals surface area (Å²) >= 11 is 0.